The number of amides is 1. The second-order valence-electron chi connectivity index (χ2n) is 4.82. The number of piperidine rings is 1. The van der Waals surface area contributed by atoms with Crippen LogP contribution >= 0.6 is 0 Å². The van der Waals surface area contributed by atoms with E-state index in [1.165, 1.54) is 5.56 Å². The van der Waals surface area contributed by atoms with E-state index in [4.69, 9.17) is 4.74 Å². The Labute approximate surface area is 109 Å². The molecule has 1 fully saturated rings. The number of likely N-dealkylation sites (tertiary alicyclic amines) is 1. The van der Waals surface area contributed by atoms with Crippen LogP contribution in [-0.2, 0) is 11.2 Å². The molecule has 3 nitrogen and oxygen atoms in total. The molecule has 0 saturated carbocycles. The van der Waals surface area contributed by atoms with Gasteiger partial charge >= 0.3 is 0 Å². The van der Waals surface area contributed by atoms with Gasteiger partial charge in [-0.3, -0.25) is 4.79 Å². The molecule has 0 aromatic heterocycles. The molecule has 0 atom stereocenters. The lowest BCUT2D eigenvalue weighted by Gasteiger charge is -2.31. The molecule has 0 spiro atoms. The molecule has 0 aliphatic carbocycles. The third-order valence-corrected chi connectivity index (χ3v) is 3.50. The van der Waals surface area contributed by atoms with Gasteiger partial charge in [-0.15, -0.1) is 0 Å². The summed E-state index contributed by atoms with van der Waals surface area (Å²) in [5, 5.41) is 0. The number of carbonyl (C=O) groups is 1. The van der Waals surface area contributed by atoms with Crippen molar-refractivity contribution in [3.63, 3.8) is 0 Å². The Morgan fingerprint density at radius 2 is 2.11 bits per heavy atom. The van der Waals surface area contributed by atoms with Gasteiger partial charge in [0.2, 0.25) is 5.91 Å². The number of rotatable bonds is 3. The number of hydrogen-bond donors (Lipinski definition) is 0. The summed E-state index contributed by atoms with van der Waals surface area (Å²) >= 11 is 0. The first kappa shape index (κ1) is 12.9. The monoisotopic (exact) mass is 247 g/mol. The van der Waals surface area contributed by atoms with Crippen molar-refractivity contribution in [3.8, 4) is 5.75 Å². The molecule has 0 radical (unpaired) electrons. The fourth-order valence-electron chi connectivity index (χ4n) is 2.32. The highest BCUT2D eigenvalue weighted by molar-refractivity contribution is 5.73. The van der Waals surface area contributed by atoms with Crippen LogP contribution in [0.4, 0.5) is 0 Å². The van der Waals surface area contributed by atoms with E-state index in [1.807, 2.05) is 17.0 Å². The molecule has 0 bridgehead atoms. The third kappa shape index (κ3) is 3.25. The van der Waals surface area contributed by atoms with Crippen molar-refractivity contribution in [1.29, 1.82) is 0 Å². The van der Waals surface area contributed by atoms with E-state index >= 15 is 0 Å². The lowest BCUT2D eigenvalue weighted by Crippen LogP contribution is -2.40. The van der Waals surface area contributed by atoms with Crippen molar-refractivity contribution in [3.05, 3.63) is 29.8 Å². The number of carbonyl (C=O) groups excluding carboxylic acids is 1. The fourth-order valence-corrected chi connectivity index (χ4v) is 2.32. The largest absolute Gasteiger partial charge is 0.490 e. The van der Waals surface area contributed by atoms with Crippen LogP contribution in [0.5, 0.6) is 5.75 Å². The molecule has 0 N–H and O–H groups in total. The number of hydrogen-bond acceptors (Lipinski definition) is 2. The Morgan fingerprint density at radius 3 is 2.72 bits per heavy atom. The van der Waals surface area contributed by atoms with Crippen LogP contribution < -0.4 is 4.74 Å². The van der Waals surface area contributed by atoms with Crippen molar-refractivity contribution < 1.29 is 9.53 Å². The van der Waals surface area contributed by atoms with Crippen LogP contribution in [0, 0.1) is 0 Å². The highest BCUT2D eigenvalue weighted by Crippen LogP contribution is 2.20. The fraction of sp³-hybridized carbons (Fsp3) is 0.533. The number of aryl methyl sites for hydroxylation is 1. The zero-order chi connectivity index (χ0) is 13.0. The maximum absolute atomic E-state index is 11.2. The highest BCUT2D eigenvalue weighted by atomic mass is 16.5. The van der Waals surface area contributed by atoms with Gasteiger partial charge in [0, 0.05) is 32.9 Å². The second kappa shape index (κ2) is 5.89. The summed E-state index contributed by atoms with van der Waals surface area (Å²) in [7, 11) is 0. The van der Waals surface area contributed by atoms with Gasteiger partial charge < -0.3 is 9.64 Å². The molecule has 1 saturated heterocycles. The Hall–Kier alpha value is -1.51. The first-order valence-electron chi connectivity index (χ1n) is 6.70. The molecule has 18 heavy (non-hydrogen) atoms. The normalized spacial score (nSPS) is 16.7. The zero-order valence-electron chi connectivity index (χ0n) is 11.2. The predicted molar refractivity (Wildman–Crippen MR) is 71.7 cm³/mol. The maximum atomic E-state index is 11.2. The van der Waals surface area contributed by atoms with E-state index in [9.17, 15) is 4.79 Å². The first-order valence-corrected chi connectivity index (χ1v) is 6.70. The van der Waals surface area contributed by atoms with Crippen LogP contribution in [0.3, 0.4) is 0 Å². The van der Waals surface area contributed by atoms with Gasteiger partial charge in [0.15, 0.2) is 0 Å². The molecular formula is C15H21NO2. The minimum atomic E-state index is 0.168. The minimum absolute atomic E-state index is 0.168. The molecule has 1 aromatic carbocycles. The quantitative estimate of drug-likeness (QED) is 0.821. The van der Waals surface area contributed by atoms with Crippen molar-refractivity contribution in [2.24, 2.45) is 0 Å². The van der Waals surface area contributed by atoms with Gasteiger partial charge in [0.05, 0.1) is 0 Å². The Balaban J connectivity index is 1.89. The van der Waals surface area contributed by atoms with Gasteiger partial charge in [0.25, 0.3) is 0 Å². The van der Waals surface area contributed by atoms with E-state index in [2.05, 4.69) is 19.1 Å². The number of benzene rings is 1. The average molecular weight is 247 g/mol. The molecule has 98 valence electrons. The average Bonchev–Trinajstić information content (AvgIpc) is 2.39. The zero-order valence-corrected chi connectivity index (χ0v) is 11.2. The van der Waals surface area contributed by atoms with Crippen molar-refractivity contribution in [1.82, 2.24) is 4.90 Å². The second-order valence-corrected chi connectivity index (χ2v) is 4.82. The molecule has 2 rings (SSSR count). The van der Waals surface area contributed by atoms with Crippen LogP contribution in [0.15, 0.2) is 24.3 Å². The molecular weight excluding hydrogens is 226 g/mol. The van der Waals surface area contributed by atoms with E-state index in [-0.39, 0.29) is 12.0 Å². The van der Waals surface area contributed by atoms with E-state index < -0.39 is 0 Å². The van der Waals surface area contributed by atoms with Crippen LogP contribution in [0.2, 0.25) is 0 Å². The summed E-state index contributed by atoms with van der Waals surface area (Å²) in [6.07, 6.45) is 3.12. The molecule has 1 aliphatic heterocycles. The van der Waals surface area contributed by atoms with Crippen molar-refractivity contribution >= 4 is 5.91 Å². The van der Waals surface area contributed by atoms with Gasteiger partial charge in [-0.25, -0.2) is 0 Å². The van der Waals surface area contributed by atoms with E-state index in [1.54, 1.807) is 6.92 Å². The Morgan fingerprint density at radius 1 is 1.39 bits per heavy atom. The summed E-state index contributed by atoms with van der Waals surface area (Å²) in [5.41, 5.74) is 1.30. The minimum Gasteiger partial charge on any atom is -0.490 e. The number of nitrogens with zero attached hydrogens (tertiary/aromatic N) is 1. The Kier molecular flexibility index (Phi) is 4.24. The van der Waals surface area contributed by atoms with E-state index in [0.29, 0.717) is 0 Å². The van der Waals surface area contributed by atoms with Crippen molar-refractivity contribution in [2.75, 3.05) is 13.1 Å². The molecule has 1 aliphatic rings. The molecule has 3 heteroatoms. The third-order valence-electron chi connectivity index (χ3n) is 3.50. The van der Waals surface area contributed by atoms with Gasteiger partial charge in [-0.2, -0.15) is 0 Å². The number of ether oxygens (including phenoxy) is 1. The lowest BCUT2D eigenvalue weighted by molar-refractivity contribution is -0.130. The van der Waals surface area contributed by atoms with Crippen LogP contribution in [0.25, 0.3) is 0 Å². The van der Waals surface area contributed by atoms with Gasteiger partial charge in [0.1, 0.15) is 11.9 Å². The summed E-state index contributed by atoms with van der Waals surface area (Å²) in [6.45, 7) is 5.40. The SMILES string of the molecule is CCc1cccc(OC2CCN(C(C)=O)CC2)c1. The van der Waals surface area contributed by atoms with Crippen LogP contribution in [-0.4, -0.2) is 30.0 Å². The lowest BCUT2D eigenvalue weighted by atomic mass is 10.1. The predicted octanol–water partition coefficient (Wildman–Crippen LogP) is 2.64. The van der Waals surface area contributed by atoms with Crippen LogP contribution in [0.1, 0.15) is 32.3 Å². The molecule has 1 aromatic rings. The van der Waals surface area contributed by atoms with Crippen molar-refractivity contribution in [2.45, 2.75) is 39.2 Å². The van der Waals surface area contributed by atoms with Gasteiger partial charge in [-0.05, 0) is 24.1 Å². The van der Waals surface area contributed by atoms with Gasteiger partial charge in [-0.1, -0.05) is 19.1 Å². The standard InChI is InChI=1S/C15H21NO2/c1-3-13-5-4-6-15(11-13)18-14-7-9-16(10-8-14)12(2)17/h4-6,11,14H,3,7-10H2,1-2H3. The maximum Gasteiger partial charge on any atom is 0.219 e. The summed E-state index contributed by atoms with van der Waals surface area (Å²) < 4.78 is 5.99. The first-order chi connectivity index (χ1) is 8.69. The Bertz CT molecular complexity index is 409. The smallest absolute Gasteiger partial charge is 0.219 e. The van der Waals surface area contributed by atoms with E-state index in [0.717, 1.165) is 38.1 Å². The summed E-state index contributed by atoms with van der Waals surface area (Å²) in [4.78, 5) is 13.1. The summed E-state index contributed by atoms with van der Waals surface area (Å²) in [5.74, 6) is 1.12. The topological polar surface area (TPSA) is 29.5 Å². The molecule has 1 amide bonds. The summed E-state index contributed by atoms with van der Waals surface area (Å²) in [6, 6.07) is 8.28. The molecule has 1 heterocycles. The molecule has 0 unspecified atom stereocenters. The highest BCUT2D eigenvalue weighted by Gasteiger charge is 2.21.